The molecule has 2 N–H and O–H groups in total. The highest BCUT2D eigenvalue weighted by molar-refractivity contribution is 6.45. The van der Waals surface area contributed by atoms with Gasteiger partial charge in [-0.25, -0.2) is 0 Å². The summed E-state index contributed by atoms with van der Waals surface area (Å²) >= 11 is 0. The molecule has 1 aromatic rings. The highest BCUT2D eigenvalue weighted by atomic mass is 16.5. The summed E-state index contributed by atoms with van der Waals surface area (Å²) in [7, 11) is -1.07. The Kier molecular flexibility index (Phi) is 5.47. The molecule has 7 heteroatoms. The number of carbonyl (C=O) groups is 2. The summed E-state index contributed by atoms with van der Waals surface area (Å²) in [5.41, 5.74) is 0.706. The van der Waals surface area contributed by atoms with E-state index in [0.717, 1.165) is 0 Å². The zero-order valence-electron chi connectivity index (χ0n) is 11.6. The Morgan fingerprint density at radius 2 is 2.14 bits per heavy atom. The summed E-state index contributed by atoms with van der Waals surface area (Å²) in [5, 5.41) is 18.6. The van der Waals surface area contributed by atoms with Crippen molar-refractivity contribution in [1.29, 1.82) is 0 Å². The molecule has 6 nitrogen and oxygen atoms in total. The number of carboxylic acids is 1. The minimum atomic E-state index is -1.07. The monoisotopic (exact) mass is 291 g/mol. The predicted octanol–water partition coefficient (Wildman–Crippen LogP) is 1.09. The van der Waals surface area contributed by atoms with E-state index in [1.807, 2.05) is 6.07 Å². The Morgan fingerprint density at radius 3 is 2.76 bits per heavy atom. The molecule has 1 fully saturated rings. The molecule has 0 amide bonds. The van der Waals surface area contributed by atoms with Gasteiger partial charge in [-0.2, -0.15) is 0 Å². The molecular weight excluding hydrogens is 273 g/mol. The maximum atomic E-state index is 12.0. The molecule has 0 saturated carbocycles. The second-order valence-corrected chi connectivity index (χ2v) is 5.32. The van der Waals surface area contributed by atoms with Crippen molar-refractivity contribution in [2.45, 2.75) is 44.0 Å². The first-order valence-corrected chi connectivity index (χ1v) is 7.01. The fourth-order valence-corrected chi connectivity index (χ4v) is 2.54. The first-order chi connectivity index (χ1) is 10.0. The van der Waals surface area contributed by atoms with Gasteiger partial charge in [-0.3, -0.25) is 14.6 Å². The molecule has 1 aliphatic rings. The van der Waals surface area contributed by atoms with Gasteiger partial charge in [0.1, 0.15) is 5.78 Å². The highest BCUT2D eigenvalue weighted by Gasteiger charge is 2.36. The molecule has 0 aliphatic carbocycles. The summed E-state index contributed by atoms with van der Waals surface area (Å²) in [5.74, 6) is -1.22. The molecular formula is C14H18BNO5. The molecule has 0 aromatic carbocycles. The molecule has 1 saturated heterocycles. The Balaban J connectivity index is 1.81. The van der Waals surface area contributed by atoms with E-state index in [4.69, 9.17) is 9.76 Å². The van der Waals surface area contributed by atoms with Gasteiger partial charge in [-0.15, -0.1) is 0 Å². The van der Waals surface area contributed by atoms with Crippen LogP contribution in [0, 0.1) is 0 Å². The molecule has 0 bridgehead atoms. The minimum absolute atomic E-state index is 0.00182. The average molecular weight is 291 g/mol. The van der Waals surface area contributed by atoms with Gasteiger partial charge in [0.25, 0.3) is 0 Å². The number of hydrogen-bond acceptors (Lipinski definition) is 5. The zero-order valence-corrected chi connectivity index (χ0v) is 11.6. The second kappa shape index (κ2) is 7.33. The van der Waals surface area contributed by atoms with Crippen LogP contribution in [0.15, 0.2) is 24.4 Å². The molecule has 1 aromatic heterocycles. The standard InChI is InChI=1S/C14H18BNO5/c17-12(8-11-3-1-2-6-16-11)7-10-4-5-13(9-14(18)19)21-15(10)20/h1-3,6,10,13,20H,4-5,7-9H2,(H,18,19)/t10-,13+/m1/s1. The molecule has 1 aliphatic heterocycles. The van der Waals surface area contributed by atoms with E-state index < -0.39 is 19.2 Å². The van der Waals surface area contributed by atoms with Crippen molar-refractivity contribution >= 4 is 18.9 Å². The fourth-order valence-electron chi connectivity index (χ4n) is 2.54. The van der Waals surface area contributed by atoms with E-state index in [2.05, 4.69) is 4.98 Å². The smallest absolute Gasteiger partial charge is 0.458 e. The van der Waals surface area contributed by atoms with Crippen LogP contribution in [0.2, 0.25) is 5.82 Å². The van der Waals surface area contributed by atoms with Crippen LogP contribution in [0.25, 0.3) is 0 Å². The van der Waals surface area contributed by atoms with Crippen LogP contribution < -0.4 is 0 Å². The van der Waals surface area contributed by atoms with E-state index in [0.29, 0.717) is 18.5 Å². The number of aliphatic carboxylic acids is 1. The van der Waals surface area contributed by atoms with Gasteiger partial charge in [-0.1, -0.05) is 6.07 Å². The maximum absolute atomic E-state index is 12.0. The lowest BCUT2D eigenvalue weighted by molar-refractivity contribution is -0.139. The summed E-state index contributed by atoms with van der Waals surface area (Å²) < 4.78 is 5.27. The highest BCUT2D eigenvalue weighted by Crippen LogP contribution is 2.30. The molecule has 21 heavy (non-hydrogen) atoms. The molecule has 2 rings (SSSR count). The molecule has 0 unspecified atom stereocenters. The SMILES string of the molecule is O=C(O)C[C@@H]1CC[C@H](CC(=O)Cc2ccccn2)B(O)O1. The van der Waals surface area contributed by atoms with E-state index in [1.54, 1.807) is 18.3 Å². The van der Waals surface area contributed by atoms with Crippen LogP contribution in [0.3, 0.4) is 0 Å². The van der Waals surface area contributed by atoms with Crippen LogP contribution >= 0.6 is 0 Å². The first kappa shape index (κ1) is 15.7. The van der Waals surface area contributed by atoms with Crippen molar-refractivity contribution in [2.24, 2.45) is 0 Å². The van der Waals surface area contributed by atoms with Crippen LogP contribution in [0.1, 0.15) is 31.4 Å². The molecule has 2 atom stereocenters. The van der Waals surface area contributed by atoms with Crippen molar-refractivity contribution in [3.8, 4) is 0 Å². The first-order valence-electron chi connectivity index (χ1n) is 7.01. The number of pyridine rings is 1. The Labute approximate surface area is 123 Å². The summed E-state index contributed by atoms with van der Waals surface area (Å²) in [6.45, 7) is 0. The van der Waals surface area contributed by atoms with Gasteiger partial charge in [0.15, 0.2) is 0 Å². The number of carbonyl (C=O) groups excluding carboxylic acids is 1. The molecule has 0 spiro atoms. The lowest BCUT2D eigenvalue weighted by Crippen LogP contribution is -2.38. The predicted molar refractivity (Wildman–Crippen MR) is 75.6 cm³/mol. The van der Waals surface area contributed by atoms with Crippen molar-refractivity contribution < 1.29 is 24.4 Å². The number of Topliss-reactive ketones (excluding diaryl/α,β-unsaturated/α-hetero) is 1. The summed E-state index contributed by atoms with van der Waals surface area (Å²) in [6, 6.07) is 5.40. The fraction of sp³-hybridized carbons (Fsp3) is 0.500. The van der Waals surface area contributed by atoms with Crippen LogP contribution in [-0.2, 0) is 20.7 Å². The quantitative estimate of drug-likeness (QED) is 0.761. The lowest BCUT2D eigenvalue weighted by atomic mass is 9.64. The summed E-state index contributed by atoms with van der Waals surface area (Å²) in [6.07, 6.45) is 2.64. The third-order valence-electron chi connectivity index (χ3n) is 3.59. The normalized spacial score (nSPS) is 22.0. The average Bonchev–Trinajstić information content (AvgIpc) is 2.42. The van der Waals surface area contributed by atoms with Crippen molar-refractivity contribution in [2.75, 3.05) is 0 Å². The van der Waals surface area contributed by atoms with Gasteiger partial charge in [-0.05, 0) is 25.0 Å². The van der Waals surface area contributed by atoms with Gasteiger partial charge >= 0.3 is 13.1 Å². The Bertz CT molecular complexity index is 495. The van der Waals surface area contributed by atoms with E-state index in [-0.39, 0.29) is 30.9 Å². The van der Waals surface area contributed by atoms with Gasteiger partial charge < -0.3 is 14.8 Å². The minimum Gasteiger partial charge on any atom is -0.481 e. The van der Waals surface area contributed by atoms with Crippen molar-refractivity contribution in [1.82, 2.24) is 4.98 Å². The number of hydrogen-bond donors (Lipinski definition) is 2. The molecule has 0 radical (unpaired) electrons. The van der Waals surface area contributed by atoms with Crippen LogP contribution in [0.4, 0.5) is 0 Å². The van der Waals surface area contributed by atoms with Crippen LogP contribution in [-0.4, -0.2) is 40.1 Å². The maximum Gasteiger partial charge on any atom is 0.458 e. The van der Waals surface area contributed by atoms with E-state index in [9.17, 15) is 14.6 Å². The second-order valence-electron chi connectivity index (χ2n) is 5.32. The van der Waals surface area contributed by atoms with Crippen molar-refractivity contribution in [3.63, 3.8) is 0 Å². The Hall–Kier alpha value is -1.73. The largest absolute Gasteiger partial charge is 0.481 e. The zero-order chi connectivity index (χ0) is 15.2. The summed E-state index contributed by atoms with van der Waals surface area (Å²) in [4.78, 5) is 26.7. The number of carboxylic acid groups (broad SMARTS) is 1. The molecule has 2 heterocycles. The van der Waals surface area contributed by atoms with Crippen LogP contribution in [0.5, 0.6) is 0 Å². The van der Waals surface area contributed by atoms with Gasteiger partial charge in [0.2, 0.25) is 0 Å². The van der Waals surface area contributed by atoms with Gasteiger partial charge in [0, 0.05) is 30.5 Å². The Morgan fingerprint density at radius 1 is 1.33 bits per heavy atom. The van der Waals surface area contributed by atoms with Crippen molar-refractivity contribution in [3.05, 3.63) is 30.1 Å². The topological polar surface area (TPSA) is 96.7 Å². The number of nitrogens with zero attached hydrogens (tertiary/aromatic N) is 1. The van der Waals surface area contributed by atoms with E-state index >= 15 is 0 Å². The van der Waals surface area contributed by atoms with Gasteiger partial charge in [0.05, 0.1) is 12.5 Å². The third-order valence-corrected chi connectivity index (χ3v) is 3.59. The molecule has 112 valence electrons. The number of ketones is 1. The van der Waals surface area contributed by atoms with E-state index in [1.165, 1.54) is 0 Å². The third kappa shape index (κ3) is 4.95. The number of rotatable bonds is 6. The number of aromatic nitrogens is 1. The lowest BCUT2D eigenvalue weighted by Gasteiger charge is -2.30.